The van der Waals surface area contributed by atoms with Crippen LogP contribution in [-0.2, 0) is 17.7 Å². The Morgan fingerprint density at radius 1 is 1.08 bits per heavy atom. The van der Waals surface area contributed by atoms with Gasteiger partial charge in [0.05, 0.1) is 17.7 Å². The Labute approximate surface area is 151 Å². The number of amides is 2. The van der Waals surface area contributed by atoms with Crippen molar-refractivity contribution >= 4 is 17.8 Å². The topological polar surface area (TPSA) is 81.5 Å². The number of benzene rings is 1. The van der Waals surface area contributed by atoms with Gasteiger partial charge in [0.1, 0.15) is 0 Å². The average Bonchev–Trinajstić information content (AvgIpc) is 3.14. The van der Waals surface area contributed by atoms with E-state index in [4.69, 9.17) is 4.74 Å². The molecule has 3 rings (SSSR count). The van der Waals surface area contributed by atoms with Gasteiger partial charge < -0.3 is 4.74 Å². The first-order valence-electron chi connectivity index (χ1n) is 8.75. The molecule has 7 heteroatoms. The third-order valence-electron chi connectivity index (χ3n) is 4.25. The van der Waals surface area contributed by atoms with E-state index in [9.17, 15) is 14.4 Å². The number of aryl methyl sites for hydroxylation is 1. The second-order valence-corrected chi connectivity index (χ2v) is 6.02. The molecule has 1 aromatic carbocycles. The van der Waals surface area contributed by atoms with Crippen LogP contribution in [0.3, 0.4) is 0 Å². The highest BCUT2D eigenvalue weighted by Gasteiger charge is 2.34. The van der Waals surface area contributed by atoms with E-state index in [1.54, 1.807) is 41.9 Å². The maximum Gasteiger partial charge on any atom is 0.358 e. The third-order valence-corrected chi connectivity index (χ3v) is 4.25. The highest BCUT2D eigenvalue weighted by atomic mass is 16.5. The molecular weight excluding hydrogens is 334 g/mol. The highest BCUT2D eigenvalue weighted by molar-refractivity contribution is 6.21. The Kier molecular flexibility index (Phi) is 5.16. The second-order valence-electron chi connectivity index (χ2n) is 6.02. The predicted molar refractivity (Wildman–Crippen MR) is 94.0 cm³/mol. The van der Waals surface area contributed by atoms with Gasteiger partial charge in [-0.2, -0.15) is 5.10 Å². The second kappa shape index (κ2) is 7.51. The van der Waals surface area contributed by atoms with Crippen molar-refractivity contribution in [1.29, 1.82) is 0 Å². The molecule has 0 aliphatic carbocycles. The Morgan fingerprint density at radius 3 is 2.31 bits per heavy atom. The fourth-order valence-corrected chi connectivity index (χ4v) is 3.04. The molecule has 1 aliphatic heterocycles. The van der Waals surface area contributed by atoms with Gasteiger partial charge in [0.15, 0.2) is 5.69 Å². The van der Waals surface area contributed by atoms with Crippen LogP contribution in [0.5, 0.6) is 0 Å². The number of rotatable bonds is 7. The van der Waals surface area contributed by atoms with Gasteiger partial charge in [-0.3, -0.25) is 19.2 Å². The minimum Gasteiger partial charge on any atom is -0.461 e. The first-order valence-corrected chi connectivity index (χ1v) is 8.75. The van der Waals surface area contributed by atoms with Gasteiger partial charge in [-0.15, -0.1) is 0 Å². The molecule has 2 aromatic rings. The molecular formula is C19H21N3O4. The van der Waals surface area contributed by atoms with Crippen molar-refractivity contribution in [2.24, 2.45) is 0 Å². The normalized spacial score (nSPS) is 13.2. The number of aromatic nitrogens is 2. The van der Waals surface area contributed by atoms with Crippen LogP contribution in [0.4, 0.5) is 0 Å². The van der Waals surface area contributed by atoms with Gasteiger partial charge in [-0.05, 0) is 31.5 Å². The maximum absolute atomic E-state index is 12.4. The molecule has 2 amide bonds. The fourth-order valence-electron chi connectivity index (χ4n) is 3.04. The molecule has 0 spiro atoms. The SMILES string of the molecule is CCCn1nc(C(=O)OCC)cc1CCN1C(=O)c2ccccc2C1=O. The Bertz CT molecular complexity index is 821. The largest absolute Gasteiger partial charge is 0.461 e. The minimum absolute atomic E-state index is 0.240. The van der Waals surface area contributed by atoms with Crippen molar-refractivity contribution < 1.29 is 19.1 Å². The van der Waals surface area contributed by atoms with Gasteiger partial charge >= 0.3 is 5.97 Å². The van der Waals surface area contributed by atoms with E-state index >= 15 is 0 Å². The molecule has 26 heavy (non-hydrogen) atoms. The Hall–Kier alpha value is -2.96. The van der Waals surface area contributed by atoms with Crippen LogP contribution in [0, 0.1) is 0 Å². The number of carbonyl (C=O) groups is 3. The van der Waals surface area contributed by atoms with E-state index in [2.05, 4.69) is 5.10 Å². The van der Waals surface area contributed by atoms with Gasteiger partial charge in [-0.25, -0.2) is 4.79 Å². The minimum atomic E-state index is -0.468. The van der Waals surface area contributed by atoms with Crippen molar-refractivity contribution in [2.45, 2.75) is 33.2 Å². The standard InChI is InChI=1S/C19H21N3O4/c1-3-10-22-13(12-16(20-22)19(25)26-4-2)9-11-21-17(23)14-7-5-6-8-15(14)18(21)24/h5-8,12H,3-4,9-11H2,1-2H3. The summed E-state index contributed by atoms with van der Waals surface area (Å²) in [4.78, 5) is 38.1. The Balaban J connectivity index is 1.76. The predicted octanol–water partition coefficient (Wildman–Crippen LogP) is 2.31. The van der Waals surface area contributed by atoms with Crippen LogP contribution in [0.25, 0.3) is 0 Å². The van der Waals surface area contributed by atoms with Crippen molar-refractivity contribution in [3.63, 3.8) is 0 Å². The van der Waals surface area contributed by atoms with Crippen molar-refractivity contribution in [2.75, 3.05) is 13.2 Å². The number of nitrogens with zero attached hydrogens (tertiary/aromatic N) is 3. The summed E-state index contributed by atoms with van der Waals surface area (Å²) in [6.07, 6.45) is 1.28. The summed E-state index contributed by atoms with van der Waals surface area (Å²) in [6.45, 7) is 4.93. The van der Waals surface area contributed by atoms with Gasteiger partial charge in [0.25, 0.3) is 11.8 Å². The van der Waals surface area contributed by atoms with Crippen molar-refractivity contribution in [3.05, 3.63) is 52.8 Å². The first kappa shape index (κ1) is 17.8. The quantitative estimate of drug-likeness (QED) is 0.562. The summed E-state index contributed by atoms with van der Waals surface area (Å²) >= 11 is 0. The number of ether oxygens (including phenoxy) is 1. The van der Waals surface area contributed by atoms with Crippen LogP contribution in [-0.4, -0.2) is 45.6 Å². The average molecular weight is 355 g/mol. The summed E-state index contributed by atoms with van der Waals surface area (Å²) in [7, 11) is 0. The van der Waals surface area contributed by atoms with Crippen LogP contribution in [0.2, 0.25) is 0 Å². The lowest BCUT2D eigenvalue weighted by Gasteiger charge is -2.14. The molecule has 2 heterocycles. The van der Waals surface area contributed by atoms with Crippen molar-refractivity contribution in [1.82, 2.24) is 14.7 Å². The molecule has 0 bridgehead atoms. The van der Waals surface area contributed by atoms with E-state index in [0.717, 1.165) is 12.1 Å². The van der Waals surface area contributed by atoms with Crippen LogP contribution >= 0.6 is 0 Å². The number of fused-ring (bicyclic) bond motifs is 1. The molecule has 0 saturated carbocycles. The monoisotopic (exact) mass is 355 g/mol. The van der Waals surface area contributed by atoms with E-state index in [1.807, 2.05) is 6.92 Å². The first-order chi connectivity index (χ1) is 12.6. The number of hydrogen-bond acceptors (Lipinski definition) is 5. The molecule has 136 valence electrons. The third kappa shape index (κ3) is 3.24. The molecule has 0 atom stereocenters. The molecule has 0 saturated heterocycles. The zero-order valence-corrected chi connectivity index (χ0v) is 14.9. The van der Waals surface area contributed by atoms with Gasteiger partial charge in [0.2, 0.25) is 0 Å². The van der Waals surface area contributed by atoms with Gasteiger partial charge in [-0.1, -0.05) is 19.1 Å². The Morgan fingerprint density at radius 2 is 1.73 bits per heavy atom. The zero-order chi connectivity index (χ0) is 18.7. The van der Waals surface area contributed by atoms with E-state index in [-0.39, 0.29) is 30.7 Å². The number of carbonyl (C=O) groups excluding carboxylic acids is 3. The van der Waals surface area contributed by atoms with Crippen LogP contribution in [0.15, 0.2) is 30.3 Å². The number of esters is 1. The number of imide groups is 1. The lowest BCUT2D eigenvalue weighted by atomic mass is 10.1. The molecule has 0 fully saturated rings. The fraction of sp³-hybridized carbons (Fsp3) is 0.368. The van der Waals surface area contributed by atoms with Crippen molar-refractivity contribution in [3.8, 4) is 0 Å². The number of hydrogen-bond donors (Lipinski definition) is 0. The summed E-state index contributed by atoms with van der Waals surface area (Å²) in [5.41, 5.74) is 1.92. The molecule has 0 N–H and O–H groups in total. The van der Waals surface area contributed by atoms with E-state index in [0.29, 0.717) is 24.1 Å². The summed E-state index contributed by atoms with van der Waals surface area (Å²) in [5, 5.41) is 4.29. The summed E-state index contributed by atoms with van der Waals surface area (Å²) in [6, 6.07) is 8.49. The van der Waals surface area contributed by atoms with Crippen LogP contribution in [0.1, 0.15) is 57.2 Å². The lowest BCUT2D eigenvalue weighted by Crippen LogP contribution is -2.32. The van der Waals surface area contributed by atoms with Gasteiger partial charge in [0, 0.05) is 25.2 Å². The molecule has 0 radical (unpaired) electrons. The molecule has 1 aliphatic rings. The summed E-state index contributed by atoms with van der Waals surface area (Å²) in [5.74, 6) is -1.03. The van der Waals surface area contributed by atoms with E-state index in [1.165, 1.54) is 4.90 Å². The smallest absolute Gasteiger partial charge is 0.358 e. The highest BCUT2D eigenvalue weighted by Crippen LogP contribution is 2.22. The zero-order valence-electron chi connectivity index (χ0n) is 14.9. The van der Waals surface area contributed by atoms with E-state index < -0.39 is 5.97 Å². The lowest BCUT2D eigenvalue weighted by molar-refractivity contribution is 0.0517. The maximum atomic E-state index is 12.4. The van der Waals surface area contributed by atoms with Crippen LogP contribution < -0.4 is 0 Å². The molecule has 7 nitrogen and oxygen atoms in total. The summed E-state index contributed by atoms with van der Waals surface area (Å²) < 4.78 is 6.74. The molecule has 0 unspecified atom stereocenters. The molecule has 1 aromatic heterocycles.